The van der Waals surface area contributed by atoms with E-state index in [4.69, 9.17) is 0 Å². The van der Waals surface area contributed by atoms with Crippen LogP contribution in [0.25, 0.3) is 0 Å². The molecular formula is C11H20FN. The molecule has 1 saturated carbocycles. The smallest absolute Gasteiger partial charge is 0.100 e. The second kappa shape index (κ2) is 4.41. The van der Waals surface area contributed by atoms with Gasteiger partial charge in [-0.15, -0.1) is 0 Å². The van der Waals surface area contributed by atoms with Crippen LogP contribution in [0.2, 0.25) is 0 Å². The predicted octanol–water partition coefficient (Wildman–Crippen LogP) is 2.51. The first-order chi connectivity index (χ1) is 6.36. The Balaban J connectivity index is 1.79. The van der Waals surface area contributed by atoms with Crippen LogP contribution in [0.15, 0.2) is 0 Å². The molecule has 0 bridgehead atoms. The van der Waals surface area contributed by atoms with Gasteiger partial charge in [-0.25, -0.2) is 4.39 Å². The zero-order valence-electron chi connectivity index (χ0n) is 8.27. The number of halogens is 1. The summed E-state index contributed by atoms with van der Waals surface area (Å²) in [6.07, 6.45) is 6.10. The third kappa shape index (κ3) is 2.43. The summed E-state index contributed by atoms with van der Waals surface area (Å²) in [5.74, 6) is 1.74. The highest BCUT2D eigenvalue weighted by Crippen LogP contribution is 2.35. The van der Waals surface area contributed by atoms with Crippen LogP contribution in [-0.2, 0) is 0 Å². The van der Waals surface area contributed by atoms with Crippen molar-refractivity contribution in [3.63, 3.8) is 0 Å². The average molecular weight is 185 g/mol. The van der Waals surface area contributed by atoms with Crippen molar-refractivity contribution in [2.45, 2.75) is 44.7 Å². The van der Waals surface area contributed by atoms with Gasteiger partial charge in [0.1, 0.15) is 6.17 Å². The van der Waals surface area contributed by atoms with Gasteiger partial charge < -0.3 is 5.32 Å². The van der Waals surface area contributed by atoms with Crippen LogP contribution < -0.4 is 5.32 Å². The molecule has 1 nitrogen and oxygen atoms in total. The number of alkyl halides is 1. The molecule has 1 aliphatic carbocycles. The summed E-state index contributed by atoms with van der Waals surface area (Å²) in [6.45, 7) is 2.36. The fourth-order valence-corrected chi connectivity index (χ4v) is 2.87. The van der Waals surface area contributed by atoms with Gasteiger partial charge in [0.25, 0.3) is 0 Å². The van der Waals surface area contributed by atoms with Crippen LogP contribution in [-0.4, -0.2) is 19.3 Å². The Morgan fingerprint density at radius 2 is 1.31 bits per heavy atom. The van der Waals surface area contributed by atoms with Gasteiger partial charge in [0, 0.05) is 0 Å². The minimum Gasteiger partial charge on any atom is -0.317 e. The Morgan fingerprint density at radius 1 is 0.769 bits per heavy atom. The fraction of sp³-hybridized carbons (Fsp3) is 1.00. The van der Waals surface area contributed by atoms with E-state index in [1.54, 1.807) is 0 Å². The van der Waals surface area contributed by atoms with E-state index >= 15 is 0 Å². The quantitative estimate of drug-likeness (QED) is 0.662. The molecule has 2 rings (SSSR count). The molecule has 0 aromatic rings. The van der Waals surface area contributed by atoms with Crippen LogP contribution in [0, 0.1) is 11.8 Å². The first-order valence-corrected chi connectivity index (χ1v) is 5.71. The molecule has 2 aliphatic rings. The van der Waals surface area contributed by atoms with E-state index in [0.717, 1.165) is 37.5 Å². The van der Waals surface area contributed by atoms with Crippen molar-refractivity contribution in [2.75, 3.05) is 13.1 Å². The van der Waals surface area contributed by atoms with Crippen molar-refractivity contribution in [1.82, 2.24) is 5.32 Å². The lowest BCUT2D eigenvalue weighted by Crippen LogP contribution is -2.33. The van der Waals surface area contributed by atoms with E-state index in [-0.39, 0.29) is 0 Å². The van der Waals surface area contributed by atoms with Crippen molar-refractivity contribution < 1.29 is 4.39 Å². The van der Waals surface area contributed by atoms with Gasteiger partial charge in [-0.05, 0) is 63.5 Å². The van der Waals surface area contributed by atoms with E-state index in [1.807, 2.05) is 0 Å². The minimum atomic E-state index is -0.488. The van der Waals surface area contributed by atoms with Crippen LogP contribution in [0.4, 0.5) is 4.39 Å². The van der Waals surface area contributed by atoms with Gasteiger partial charge in [0.05, 0.1) is 0 Å². The normalized spacial score (nSPS) is 37.6. The average Bonchev–Trinajstić information content (AvgIpc) is 2.20. The number of hydrogen-bond donors (Lipinski definition) is 1. The summed E-state index contributed by atoms with van der Waals surface area (Å²) in [7, 11) is 0. The van der Waals surface area contributed by atoms with Gasteiger partial charge in [-0.2, -0.15) is 0 Å². The molecule has 1 N–H and O–H groups in total. The molecule has 13 heavy (non-hydrogen) atoms. The van der Waals surface area contributed by atoms with Crippen molar-refractivity contribution in [1.29, 1.82) is 0 Å². The van der Waals surface area contributed by atoms with E-state index in [1.165, 1.54) is 25.9 Å². The lowest BCUT2D eigenvalue weighted by atomic mass is 9.76. The maximum atomic E-state index is 12.9. The van der Waals surface area contributed by atoms with Crippen LogP contribution in [0.5, 0.6) is 0 Å². The Hall–Kier alpha value is -0.110. The predicted molar refractivity (Wildman–Crippen MR) is 52.4 cm³/mol. The molecule has 1 saturated heterocycles. The Bertz CT molecular complexity index is 146. The molecule has 0 spiro atoms. The van der Waals surface area contributed by atoms with Crippen molar-refractivity contribution in [3.05, 3.63) is 0 Å². The van der Waals surface area contributed by atoms with Gasteiger partial charge in [-0.1, -0.05) is 0 Å². The van der Waals surface area contributed by atoms with Gasteiger partial charge in [0.2, 0.25) is 0 Å². The summed E-state index contributed by atoms with van der Waals surface area (Å²) in [4.78, 5) is 0. The van der Waals surface area contributed by atoms with Crippen LogP contribution >= 0.6 is 0 Å². The third-order valence-electron chi connectivity index (χ3n) is 3.75. The largest absolute Gasteiger partial charge is 0.317 e. The lowest BCUT2D eigenvalue weighted by molar-refractivity contribution is 0.147. The molecule has 0 radical (unpaired) electrons. The Kier molecular flexibility index (Phi) is 3.20. The van der Waals surface area contributed by atoms with Crippen LogP contribution in [0.3, 0.4) is 0 Å². The highest BCUT2D eigenvalue weighted by Gasteiger charge is 2.27. The SMILES string of the molecule is FC1CCC(C2CCNCC2)CC1. The highest BCUT2D eigenvalue weighted by molar-refractivity contribution is 4.80. The molecule has 0 aromatic carbocycles. The summed E-state index contributed by atoms with van der Waals surface area (Å²) >= 11 is 0. The van der Waals surface area contributed by atoms with Gasteiger partial charge >= 0.3 is 0 Å². The first-order valence-electron chi connectivity index (χ1n) is 5.71. The summed E-state index contributed by atoms with van der Waals surface area (Å²) in [5.41, 5.74) is 0. The number of rotatable bonds is 1. The Morgan fingerprint density at radius 3 is 1.92 bits per heavy atom. The lowest BCUT2D eigenvalue weighted by Gasteiger charge is -2.34. The highest BCUT2D eigenvalue weighted by atomic mass is 19.1. The molecular weight excluding hydrogens is 165 g/mol. The second-order valence-corrected chi connectivity index (χ2v) is 4.60. The fourth-order valence-electron chi connectivity index (χ4n) is 2.87. The first kappa shape index (κ1) is 9.45. The standard InChI is InChI=1S/C11H20FN/c12-11-3-1-9(2-4-11)10-5-7-13-8-6-10/h9-11,13H,1-8H2. The summed E-state index contributed by atoms with van der Waals surface area (Å²) < 4.78 is 12.9. The summed E-state index contributed by atoms with van der Waals surface area (Å²) in [5, 5.41) is 3.39. The molecule has 2 fully saturated rings. The van der Waals surface area contributed by atoms with Gasteiger partial charge in [0.15, 0.2) is 0 Å². The number of hydrogen-bond acceptors (Lipinski definition) is 1. The van der Waals surface area contributed by atoms with E-state index < -0.39 is 6.17 Å². The molecule has 1 heterocycles. The maximum absolute atomic E-state index is 12.9. The zero-order valence-corrected chi connectivity index (χ0v) is 8.27. The molecule has 0 atom stereocenters. The zero-order chi connectivity index (χ0) is 9.10. The maximum Gasteiger partial charge on any atom is 0.100 e. The summed E-state index contributed by atoms with van der Waals surface area (Å²) in [6, 6.07) is 0. The van der Waals surface area contributed by atoms with Crippen molar-refractivity contribution in [2.24, 2.45) is 11.8 Å². The minimum absolute atomic E-state index is 0.488. The second-order valence-electron chi connectivity index (χ2n) is 4.60. The molecule has 1 aliphatic heterocycles. The molecule has 0 amide bonds. The molecule has 0 unspecified atom stereocenters. The topological polar surface area (TPSA) is 12.0 Å². The van der Waals surface area contributed by atoms with Crippen molar-refractivity contribution >= 4 is 0 Å². The third-order valence-corrected chi connectivity index (χ3v) is 3.75. The monoisotopic (exact) mass is 185 g/mol. The van der Waals surface area contributed by atoms with Gasteiger partial charge in [-0.3, -0.25) is 0 Å². The molecule has 0 aromatic heterocycles. The van der Waals surface area contributed by atoms with Crippen LogP contribution in [0.1, 0.15) is 38.5 Å². The van der Waals surface area contributed by atoms with E-state index in [9.17, 15) is 4.39 Å². The molecule has 2 heteroatoms. The number of piperidine rings is 1. The molecule has 76 valence electrons. The van der Waals surface area contributed by atoms with Crippen molar-refractivity contribution in [3.8, 4) is 0 Å². The van der Waals surface area contributed by atoms with E-state index in [2.05, 4.69) is 5.32 Å². The van der Waals surface area contributed by atoms with E-state index in [0.29, 0.717) is 0 Å². The number of nitrogens with one attached hydrogen (secondary N) is 1. The Labute approximate surface area is 80.1 Å².